The van der Waals surface area contributed by atoms with Crippen LogP contribution >= 0.6 is 0 Å². The van der Waals surface area contributed by atoms with Crippen LogP contribution in [0.2, 0.25) is 0 Å². The molecule has 4 rings (SSSR count). The highest BCUT2D eigenvalue weighted by atomic mass is 19.4. The van der Waals surface area contributed by atoms with Gasteiger partial charge >= 0.3 is 6.18 Å². The van der Waals surface area contributed by atoms with Crippen LogP contribution in [0.25, 0.3) is 0 Å². The van der Waals surface area contributed by atoms with E-state index in [2.05, 4.69) is 16.0 Å². The summed E-state index contributed by atoms with van der Waals surface area (Å²) < 4.78 is 45.5. The molecule has 246 valence electrons. The minimum Gasteiger partial charge on any atom is -0.494 e. The minimum atomic E-state index is -4.65. The van der Waals surface area contributed by atoms with E-state index in [1.807, 2.05) is 61.5 Å². The molecule has 3 amide bonds. The largest absolute Gasteiger partial charge is 0.494 e. The minimum absolute atomic E-state index is 0.00386. The van der Waals surface area contributed by atoms with Gasteiger partial charge in [0.1, 0.15) is 17.8 Å². The van der Waals surface area contributed by atoms with Gasteiger partial charge < -0.3 is 26.4 Å². The molecule has 0 spiro atoms. The molecule has 11 heteroatoms. The van der Waals surface area contributed by atoms with Crippen LogP contribution in [0.3, 0.4) is 0 Å². The molecule has 4 aromatic rings. The van der Waals surface area contributed by atoms with Gasteiger partial charge in [-0.1, -0.05) is 72.8 Å². The van der Waals surface area contributed by atoms with Gasteiger partial charge in [0, 0.05) is 31.5 Å². The zero-order chi connectivity index (χ0) is 33.8. The Balaban J connectivity index is 1.57. The van der Waals surface area contributed by atoms with Gasteiger partial charge in [0.15, 0.2) is 0 Å². The van der Waals surface area contributed by atoms with Crippen LogP contribution in [0.4, 0.5) is 13.2 Å². The van der Waals surface area contributed by atoms with E-state index < -0.39 is 41.5 Å². The highest BCUT2D eigenvalue weighted by Gasteiger charge is 2.32. The SMILES string of the molecule is CCOc1ccc(CC(NC(=O)c2cccc(C(F)(F)F)c2)C(=O)NC(Cc2ccccc2)C(=O)NCc2ccc(CN)cc2)cc1. The fourth-order valence-electron chi connectivity index (χ4n) is 4.85. The molecule has 0 aliphatic rings. The number of nitrogens with two attached hydrogens (primary N) is 1. The monoisotopic (exact) mass is 646 g/mol. The van der Waals surface area contributed by atoms with Crippen molar-refractivity contribution in [3.63, 3.8) is 0 Å². The Labute approximate surface area is 271 Å². The van der Waals surface area contributed by atoms with E-state index in [4.69, 9.17) is 10.5 Å². The first-order chi connectivity index (χ1) is 22.5. The standard InChI is InChI=1S/C36H37F3N4O4/c1-2-47-30-17-15-25(16-18-30)20-32(42-33(44)28-9-6-10-29(21-28)36(37,38)39)35(46)43-31(19-24-7-4-3-5-8-24)34(45)41-23-27-13-11-26(22-40)12-14-27/h3-18,21,31-32H,2,19-20,22-23,40H2,1H3,(H,41,45)(H,42,44)(H,43,46). The molecular weight excluding hydrogens is 609 g/mol. The zero-order valence-electron chi connectivity index (χ0n) is 25.8. The molecule has 0 aliphatic carbocycles. The van der Waals surface area contributed by atoms with Gasteiger partial charge in [0.25, 0.3) is 5.91 Å². The molecule has 0 aliphatic heterocycles. The summed E-state index contributed by atoms with van der Waals surface area (Å²) in [6.45, 7) is 2.89. The fraction of sp³-hybridized carbons (Fsp3) is 0.250. The van der Waals surface area contributed by atoms with Gasteiger partial charge in [-0.15, -0.1) is 0 Å². The summed E-state index contributed by atoms with van der Waals surface area (Å²) in [6.07, 6.45) is -4.50. The number of halogens is 3. The van der Waals surface area contributed by atoms with Crippen molar-refractivity contribution in [1.29, 1.82) is 0 Å². The van der Waals surface area contributed by atoms with Gasteiger partial charge in [0.2, 0.25) is 11.8 Å². The third-order valence-electron chi connectivity index (χ3n) is 7.39. The number of alkyl halides is 3. The summed E-state index contributed by atoms with van der Waals surface area (Å²) in [5.74, 6) is -1.38. The number of nitrogens with one attached hydrogen (secondary N) is 3. The number of hydrogen-bond acceptors (Lipinski definition) is 5. The Morgan fingerprint density at radius 1 is 0.723 bits per heavy atom. The third kappa shape index (κ3) is 10.4. The summed E-state index contributed by atoms with van der Waals surface area (Å²) in [4.78, 5) is 40.5. The second-order valence-electron chi connectivity index (χ2n) is 10.9. The van der Waals surface area contributed by atoms with Crippen molar-refractivity contribution in [3.8, 4) is 5.75 Å². The number of hydrogen-bond donors (Lipinski definition) is 4. The topological polar surface area (TPSA) is 123 Å². The van der Waals surface area contributed by atoms with E-state index in [-0.39, 0.29) is 24.9 Å². The predicted octanol–water partition coefficient (Wildman–Crippen LogP) is 4.95. The molecule has 47 heavy (non-hydrogen) atoms. The molecule has 5 N–H and O–H groups in total. The van der Waals surface area contributed by atoms with Gasteiger partial charge in [-0.3, -0.25) is 14.4 Å². The summed E-state index contributed by atoms with van der Waals surface area (Å²) in [5, 5.41) is 8.23. The van der Waals surface area contributed by atoms with Crippen LogP contribution < -0.4 is 26.4 Å². The Bertz CT molecular complexity index is 1630. The van der Waals surface area contributed by atoms with Crippen LogP contribution in [0.15, 0.2) is 103 Å². The maximum Gasteiger partial charge on any atom is 0.416 e. The Morgan fingerprint density at radius 2 is 1.32 bits per heavy atom. The first-order valence-electron chi connectivity index (χ1n) is 15.2. The molecule has 4 aromatic carbocycles. The van der Waals surface area contributed by atoms with Crippen molar-refractivity contribution in [2.75, 3.05) is 6.61 Å². The molecule has 0 bridgehead atoms. The van der Waals surface area contributed by atoms with Crippen molar-refractivity contribution in [2.45, 2.75) is 51.1 Å². The number of ether oxygens (including phenoxy) is 1. The summed E-state index contributed by atoms with van der Waals surface area (Å²) in [7, 11) is 0. The Morgan fingerprint density at radius 3 is 1.94 bits per heavy atom. The number of rotatable bonds is 14. The maximum atomic E-state index is 13.8. The summed E-state index contributed by atoms with van der Waals surface area (Å²) in [5.41, 5.74) is 7.65. The third-order valence-corrected chi connectivity index (χ3v) is 7.39. The van der Waals surface area contributed by atoms with Gasteiger partial charge in [-0.2, -0.15) is 13.2 Å². The van der Waals surface area contributed by atoms with Crippen LogP contribution in [-0.2, 0) is 41.7 Å². The van der Waals surface area contributed by atoms with E-state index >= 15 is 0 Å². The maximum absolute atomic E-state index is 13.8. The molecular formula is C36H37F3N4O4. The molecule has 0 fully saturated rings. The summed E-state index contributed by atoms with van der Waals surface area (Å²) >= 11 is 0. The molecule has 0 saturated carbocycles. The van der Waals surface area contributed by atoms with Crippen LogP contribution in [0.1, 0.15) is 45.1 Å². The van der Waals surface area contributed by atoms with Gasteiger partial charge in [-0.25, -0.2) is 0 Å². The number of amides is 3. The van der Waals surface area contributed by atoms with E-state index in [0.717, 1.165) is 34.9 Å². The fourth-order valence-corrected chi connectivity index (χ4v) is 4.85. The second kappa shape index (κ2) is 16.4. The Kier molecular flexibility index (Phi) is 12.1. The number of benzene rings is 4. The average molecular weight is 647 g/mol. The second-order valence-corrected chi connectivity index (χ2v) is 10.9. The zero-order valence-corrected chi connectivity index (χ0v) is 25.8. The molecule has 0 radical (unpaired) electrons. The lowest BCUT2D eigenvalue weighted by molar-refractivity contribution is -0.137. The molecule has 2 unspecified atom stereocenters. The summed E-state index contributed by atoms with van der Waals surface area (Å²) in [6, 6.07) is 25.1. The van der Waals surface area contributed by atoms with Crippen molar-refractivity contribution in [3.05, 3.63) is 137 Å². The lowest BCUT2D eigenvalue weighted by Crippen LogP contribution is -2.55. The van der Waals surface area contributed by atoms with E-state index in [9.17, 15) is 27.6 Å². The lowest BCUT2D eigenvalue weighted by Gasteiger charge is -2.24. The molecule has 0 saturated heterocycles. The van der Waals surface area contributed by atoms with Crippen molar-refractivity contribution in [1.82, 2.24) is 16.0 Å². The molecule has 8 nitrogen and oxygen atoms in total. The van der Waals surface area contributed by atoms with Crippen molar-refractivity contribution < 1.29 is 32.3 Å². The highest BCUT2D eigenvalue weighted by molar-refractivity contribution is 5.98. The van der Waals surface area contributed by atoms with Gasteiger partial charge in [0.05, 0.1) is 12.2 Å². The number of carbonyl (C=O) groups excluding carboxylic acids is 3. The predicted molar refractivity (Wildman–Crippen MR) is 172 cm³/mol. The lowest BCUT2D eigenvalue weighted by atomic mass is 10.0. The Hall–Kier alpha value is -5.16. The van der Waals surface area contributed by atoms with Crippen molar-refractivity contribution >= 4 is 17.7 Å². The quantitative estimate of drug-likeness (QED) is 0.155. The van der Waals surface area contributed by atoms with Crippen LogP contribution in [0, 0.1) is 0 Å². The van der Waals surface area contributed by atoms with Crippen LogP contribution in [-0.4, -0.2) is 36.4 Å². The number of carbonyl (C=O) groups is 3. The molecule has 0 aromatic heterocycles. The normalized spacial score (nSPS) is 12.4. The van der Waals surface area contributed by atoms with E-state index in [1.165, 1.54) is 6.07 Å². The first-order valence-corrected chi connectivity index (χ1v) is 15.2. The van der Waals surface area contributed by atoms with E-state index in [0.29, 0.717) is 24.5 Å². The highest BCUT2D eigenvalue weighted by Crippen LogP contribution is 2.29. The average Bonchev–Trinajstić information content (AvgIpc) is 3.07. The van der Waals surface area contributed by atoms with Gasteiger partial charge in [-0.05, 0) is 59.5 Å². The molecule has 0 heterocycles. The smallest absolute Gasteiger partial charge is 0.416 e. The first kappa shape index (κ1) is 34.7. The van der Waals surface area contributed by atoms with Crippen molar-refractivity contribution in [2.24, 2.45) is 5.73 Å². The molecule has 2 atom stereocenters. The van der Waals surface area contributed by atoms with Crippen LogP contribution in [0.5, 0.6) is 5.75 Å². The van der Waals surface area contributed by atoms with E-state index in [1.54, 1.807) is 24.3 Å².